The smallest absolute Gasteiger partial charge is 0.0461 e. The first-order chi connectivity index (χ1) is 13.3. The Morgan fingerprint density at radius 2 is 2.00 bits per heavy atom. The van der Waals surface area contributed by atoms with E-state index in [1.807, 2.05) is 11.8 Å². The fourth-order valence-corrected chi connectivity index (χ4v) is 6.76. The second kappa shape index (κ2) is 5.90. The van der Waals surface area contributed by atoms with E-state index in [0.717, 1.165) is 12.8 Å². The van der Waals surface area contributed by atoms with Crippen molar-refractivity contribution >= 4 is 34.3 Å². The van der Waals surface area contributed by atoms with Crippen LogP contribution in [0.2, 0.25) is 0 Å². The van der Waals surface area contributed by atoms with Crippen LogP contribution in [-0.4, -0.2) is 4.98 Å². The molecule has 3 aliphatic rings. The van der Waals surface area contributed by atoms with Crippen LogP contribution in [0.25, 0.3) is 22.6 Å². The Kier molecular flexibility index (Phi) is 3.46. The third-order valence-electron chi connectivity index (χ3n) is 6.57. The van der Waals surface area contributed by atoms with Crippen molar-refractivity contribution < 1.29 is 0 Å². The maximum Gasteiger partial charge on any atom is 0.0461 e. The first-order valence-corrected chi connectivity index (χ1v) is 10.9. The van der Waals surface area contributed by atoms with Crippen molar-refractivity contribution in [3.05, 3.63) is 75.8 Å². The van der Waals surface area contributed by atoms with Crippen LogP contribution in [0.3, 0.4) is 0 Å². The van der Waals surface area contributed by atoms with Gasteiger partial charge in [0.15, 0.2) is 0 Å². The topological polar surface area (TPSA) is 15.8 Å². The van der Waals surface area contributed by atoms with Crippen LogP contribution in [0.15, 0.2) is 58.3 Å². The fraction of sp³-hybridized carbons (Fsp3) is 0.280. The zero-order chi connectivity index (χ0) is 18.0. The maximum atomic E-state index is 3.61. The molecule has 0 amide bonds. The van der Waals surface area contributed by atoms with Gasteiger partial charge in [-0.1, -0.05) is 49.0 Å². The summed E-state index contributed by atoms with van der Waals surface area (Å²) in [6.45, 7) is 2.42. The van der Waals surface area contributed by atoms with Gasteiger partial charge in [0.1, 0.15) is 0 Å². The molecule has 2 heterocycles. The summed E-state index contributed by atoms with van der Waals surface area (Å²) in [5, 5.41) is 1.43. The molecule has 134 valence electrons. The lowest BCUT2D eigenvalue weighted by atomic mass is 9.77. The molecule has 2 aromatic carbocycles. The van der Waals surface area contributed by atoms with E-state index in [9.17, 15) is 0 Å². The van der Waals surface area contributed by atoms with E-state index >= 15 is 0 Å². The number of H-pyrrole nitrogens is 1. The molecule has 0 saturated carbocycles. The Labute approximate surface area is 164 Å². The van der Waals surface area contributed by atoms with Crippen LogP contribution in [0, 0.1) is 5.92 Å². The third-order valence-corrected chi connectivity index (χ3v) is 7.89. The Morgan fingerprint density at radius 3 is 2.96 bits per heavy atom. The van der Waals surface area contributed by atoms with Crippen LogP contribution in [0.1, 0.15) is 54.5 Å². The summed E-state index contributed by atoms with van der Waals surface area (Å²) < 4.78 is 0. The molecular formula is C25H23NS. The SMILES string of the molecule is CC1CCC2C(=C1c1ccc3[nH]c4c(c3c1)CCC=C4)Sc1ccccc12. The zero-order valence-corrected chi connectivity index (χ0v) is 16.4. The van der Waals surface area contributed by atoms with Crippen LogP contribution in [-0.2, 0) is 6.42 Å². The van der Waals surface area contributed by atoms with Crippen molar-refractivity contribution in [3.8, 4) is 0 Å². The molecule has 0 saturated heterocycles. The number of rotatable bonds is 1. The lowest BCUT2D eigenvalue weighted by Gasteiger charge is -2.29. The van der Waals surface area contributed by atoms with E-state index in [0.29, 0.717) is 11.8 Å². The molecule has 1 N–H and O–H groups in total. The third kappa shape index (κ3) is 2.32. The second-order valence-electron chi connectivity index (χ2n) is 8.17. The van der Waals surface area contributed by atoms with Crippen molar-refractivity contribution in [3.63, 3.8) is 0 Å². The molecule has 1 nitrogen and oxygen atoms in total. The van der Waals surface area contributed by atoms with Gasteiger partial charge < -0.3 is 4.98 Å². The number of aromatic amines is 1. The lowest BCUT2D eigenvalue weighted by molar-refractivity contribution is 0.556. The van der Waals surface area contributed by atoms with E-state index < -0.39 is 0 Å². The fourth-order valence-electron chi connectivity index (χ4n) is 5.23. The highest BCUT2D eigenvalue weighted by molar-refractivity contribution is 8.03. The number of benzene rings is 2. The van der Waals surface area contributed by atoms with Crippen LogP contribution in [0.5, 0.6) is 0 Å². The monoisotopic (exact) mass is 369 g/mol. The van der Waals surface area contributed by atoms with Gasteiger partial charge in [0.25, 0.3) is 0 Å². The highest BCUT2D eigenvalue weighted by Gasteiger charge is 2.35. The Morgan fingerprint density at radius 1 is 1.07 bits per heavy atom. The molecule has 0 bridgehead atoms. The summed E-state index contributed by atoms with van der Waals surface area (Å²) >= 11 is 2.02. The number of hydrogen-bond acceptors (Lipinski definition) is 1. The average molecular weight is 370 g/mol. The van der Waals surface area contributed by atoms with Crippen molar-refractivity contribution in [1.82, 2.24) is 4.98 Å². The van der Waals surface area contributed by atoms with E-state index in [2.05, 4.69) is 66.5 Å². The molecule has 2 atom stereocenters. The minimum Gasteiger partial charge on any atom is -0.355 e. The molecule has 6 rings (SSSR count). The first-order valence-electron chi connectivity index (χ1n) is 10.1. The number of aromatic nitrogens is 1. The minimum absolute atomic E-state index is 0.608. The van der Waals surface area contributed by atoms with Gasteiger partial charge in [-0.2, -0.15) is 0 Å². The van der Waals surface area contributed by atoms with Crippen LogP contribution in [0.4, 0.5) is 0 Å². The highest BCUT2D eigenvalue weighted by Crippen LogP contribution is 2.57. The first kappa shape index (κ1) is 15.8. The summed E-state index contributed by atoms with van der Waals surface area (Å²) in [6.07, 6.45) is 9.41. The van der Waals surface area contributed by atoms with Crippen molar-refractivity contribution in [2.45, 2.75) is 43.4 Å². The second-order valence-corrected chi connectivity index (χ2v) is 9.25. The number of allylic oxidation sites excluding steroid dienone is 3. The normalized spacial score (nSPS) is 23.4. The average Bonchev–Trinajstić information content (AvgIpc) is 3.25. The molecule has 27 heavy (non-hydrogen) atoms. The molecule has 2 unspecified atom stereocenters. The standard InChI is InChI=1S/C25H23NS/c1-15-10-12-19-18-7-3-5-9-23(18)27-25(19)24(15)16-11-13-22-20(14-16)17-6-2-4-8-21(17)26-22/h3-5,7-9,11,13-15,19,26H,2,6,10,12H2,1H3. The van der Waals surface area contributed by atoms with Crippen molar-refractivity contribution in [2.24, 2.45) is 5.92 Å². The van der Waals surface area contributed by atoms with Crippen molar-refractivity contribution in [2.75, 3.05) is 0 Å². The van der Waals surface area contributed by atoms with Crippen molar-refractivity contribution in [1.29, 1.82) is 0 Å². The summed E-state index contributed by atoms with van der Waals surface area (Å²) in [5.74, 6) is 1.24. The number of hydrogen-bond donors (Lipinski definition) is 1. The minimum atomic E-state index is 0.608. The largest absolute Gasteiger partial charge is 0.355 e. The predicted octanol–water partition coefficient (Wildman–Crippen LogP) is 7.16. The molecule has 2 aliphatic carbocycles. The van der Waals surface area contributed by atoms with E-state index in [1.54, 1.807) is 16.0 Å². The Balaban J connectivity index is 1.54. The quantitative estimate of drug-likeness (QED) is 0.481. The number of thioether (sulfide) groups is 1. The predicted molar refractivity (Wildman–Crippen MR) is 116 cm³/mol. The van der Waals surface area contributed by atoms with Gasteiger partial charge in [0.05, 0.1) is 0 Å². The summed E-state index contributed by atoms with van der Waals surface area (Å²) in [5.41, 5.74) is 8.67. The van der Waals surface area contributed by atoms with E-state index in [1.165, 1.54) is 45.5 Å². The zero-order valence-electron chi connectivity index (χ0n) is 15.6. The van der Waals surface area contributed by atoms with Gasteiger partial charge in [-0.25, -0.2) is 0 Å². The summed E-state index contributed by atoms with van der Waals surface area (Å²) in [4.78, 5) is 6.69. The molecular weight excluding hydrogens is 346 g/mol. The molecule has 0 spiro atoms. The van der Waals surface area contributed by atoms with E-state index in [4.69, 9.17) is 0 Å². The van der Waals surface area contributed by atoms with Gasteiger partial charge in [-0.05, 0) is 78.1 Å². The van der Waals surface area contributed by atoms with Gasteiger partial charge in [-0.15, -0.1) is 0 Å². The highest BCUT2D eigenvalue weighted by atomic mass is 32.2. The number of fused-ring (bicyclic) bond motifs is 6. The van der Waals surface area contributed by atoms with Gasteiger partial charge in [-0.3, -0.25) is 0 Å². The molecule has 1 aromatic heterocycles. The number of aryl methyl sites for hydroxylation is 1. The van der Waals surface area contributed by atoms with Crippen LogP contribution < -0.4 is 0 Å². The number of nitrogens with one attached hydrogen (secondary N) is 1. The molecule has 1 aliphatic heterocycles. The van der Waals surface area contributed by atoms with E-state index in [-0.39, 0.29) is 0 Å². The van der Waals surface area contributed by atoms with Gasteiger partial charge >= 0.3 is 0 Å². The van der Waals surface area contributed by atoms with Crippen LogP contribution >= 0.6 is 11.8 Å². The molecule has 3 aromatic rings. The lowest BCUT2D eigenvalue weighted by Crippen LogP contribution is -2.12. The molecule has 0 fully saturated rings. The molecule has 2 heteroatoms. The molecule has 0 radical (unpaired) electrons. The van der Waals surface area contributed by atoms with Gasteiger partial charge in [0, 0.05) is 32.3 Å². The Hall–Kier alpha value is -2.19. The maximum absolute atomic E-state index is 3.61. The summed E-state index contributed by atoms with van der Waals surface area (Å²) in [6, 6.07) is 16.1. The Bertz CT molecular complexity index is 1130. The summed E-state index contributed by atoms with van der Waals surface area (Å²) in [7, 11) is 0. The van der Waals surface area contributed by atoms with Gasteiger partial charge in [0.2, 0.25) is 0 Å².